The number of hydrogen-bond acceptors (Lipinski definition) is 2. The maximum Gasteiger partial charge on any atom is 0.239 e. The van der Waals surface area contributed by atoms with Crippen molar-refractivity contribution in [2.45, 2.75) is 38.6 Å². The SMILES string of the molecule is C[C@H](C(N)=O)N1CCCC2=C1CCC(Cl)=C2. The Morgan fingerprint density at radius 1 is 1.50 bits per heavy atom. The molecule has 0 aromatic carbocycles. The molecule has 0 aromatic heterocycles. The molecule has 0 saturated heterocycles. The molecule has 0 aromatic rings. The lowest BCUT2D eigenvalue weighted by molar-refractivity contribution is -0.122. The van der Waals surface area contributed by atoms with Crippen LogP contribution in [0.1, 0.15) is 32.6 Å². The number of hydrogen-bond donors (Lipinski definition) is 1. The lowest BCUT2D eigenvalue weighted by Gasteiger charge is -2.38. The molecule has 0 bridgehead atoms. The Morgan fingerprint density at radius 2 is 2.25 bits per heavy atom. The van der Waals surface area contributed by atoms with Crippen molar-refractivity contribution < 1.29 is 4.79 Å². The third-order valence-electron chi connectivity index (χ3n) is 3.37. The number of halogens is 1. The molecule has 0 unspecified atom stereocenters. The number of rotatable bonds is 2. The second-order valence-corrected chi connectivity index (χ2v) is 4.92. The number of nitrogens with two attached hydrogens (primary N) is 1. The van der Waals surface area contributed by atoms with Crippen molar-refractivity contribution >= 4 is 17.5 Å². The molecule has 0 spiro atoms. The van der Waals surface area contributed by atoms with E-state index in [4.69, 9.17) is 17.3 Å². The van der Waals surface area contributed by atoms with Gasteiger partial charge in [-0.2, -0.15) is 0 Å². The molecule has 0 radical (unpaired) electrons. The van der Waals surface area contributed by atoms with Crippen LogP contribution in [0.25, 0.3) is 0 Å². The molecule has 2 aliphatic rings. The van der Waals surface area contributed by atoms with Gasteiger partial charge in [-0.05, 0) is 44.3 Å². The maximum absolute atomic E-state index is 11.3. The average molecular weight is 241 g/mol. The molecule has 0 saturated carbocycles. The highest BCUT2D eigenvalue weighted by atomic mass is 35.5. The molecule has 88 valence electrons. The topological polar surface area (TPSA) is 46.3 Å². The number of primary amides is 1. The molecule has 3 nitrogen and oxygen atoms in total. The van der Waals surface area contributed by atoms with Crippen molar-refractivity contribution in [1.82, 2.24) is 4.90 Å². The van der Waals surface area contributed by atoms with Gasteiger partial charge in [0.1, 0.15) is 6.04 Å². The lowest BCUT2D eigenvalue weighted by atomic mass is 9.93. The molecule has 16 heavy (non-hydrogen) atoms. The second-order valence-electron chi connectivity index (χ2n) is 4.44. The molecule has 0 fully saturated rings. The Bertz CT molecular complexity index is 373. The predicted octanol–water partition coefficient (Wildman–Crippen LogP) is 2.13. The van der Waals surface area contributed by atoms with E-state index in [1.807, 2.05) is 6.92 Å². The fraction of sp³-hybridized carbons (Fsp3) is 0.583. The van der Waals surface area contributed by atoms with Gasteiger partial charge in [0, 0.05) is 17.3 Å². The molecule has 1 amide bonds. The van der Waals surface area contributed by atoms with Gasteiger partial charge in [0.25, 0.3) is 0 Å². The molecule has 1 atom stereocenters. The summed E-state index contributed by atoms with van der Waals surface area (Å²) in [6.07, 6.45) is 6.00. The molecule has 1 aliphatic heterocycles. The van der Waals surface area contributed by atoms with E-state index in [9.17, 15) is 4.79 Å². The minimum absolute atomic E-state index is 0.212. The van der Waals surface area contributed by atoms with Crippen LogP contribution >= 0.6 is 11.6 Å². The minimum Gasteiger partial charge on any atom is -0.368 e. The zero-order chi connectivity index (χ0) is 11.7. The lowest BCUT2D eigenvalue weighted by Crippen LogP contribution is -2.44. The van der Waals surface area contributed by atoms with Crippen LogP contribution in [0.3, 0.4) is 0 Å². The summed E-state index contributed by atoms with van der Waals surface area (Å²) in [5.41, 5.74) is 7.92. The highest BCUT2D eigenvalue weighted by Crippen LogP contribution is 2.34. The summed E-state index contributed by atoms with van der Waals surface area (Å²) < 4.78 is 0. The van der Waals surface area contributed by atoms with Crippen molar-refractivity contribution in [3.63, 3.8) is 0 Å². The summed E-state index contributed by atoms with van der Waals surface area (Å²) in [6.45, 7) is 2.80. The Labute approximate surface area is 101 Å². The third kappa shape index (κ3) is 2.09. The largest absolute Gasteiger partial charge is 0.368 e. The zero-order valence-corrected chi connectivity index (χ0v) is 10.3. The number of allylic oxidation sites excluding steroid dienone is 4. The van der Waals surface area contributed by atoms with Gasteiger partial charge in [0.05, 0.1) is 0 Å². The van der Waals surface area contributed by atoms with E-state index in [0.717, 1.165) is 37.3 Å². The summed E-state index contributed by atoms with van der Waals surface area (Å²) in [6, 6.07) is -0.212. The van der Waals surface area contributed by atoms with E-state index in [1.54, 1.807) is 0 Å². The number of amides is 1. The molecule has 2 N–H and O–H groups in total. The fourth-order valence-corrected chi connectivity index (χ4v) is 2.67. The Kier molecular flexibility index (Phi) is 3.24. The summed E-state index contributed by atoms with van der Waals surface area (Å²) in [5.74, 6) is -0.255. The van der Waals surface area contributed by atoms with Gasteiger partial charge in [-0.25, -0.2) is 0 Å². The number of carbonyl (C=O) groups is 1. The summed E-state index contributed by atoms with van der Waals surface area (Å²) in [5, 5.41) is 0.923. The van der Waals surface area contributed by atoms with E-state index in [-0.39, 0.29) is 11.9 Å². The first-order valence-electron chi connectivity index (χ1n) is 5.73. The average Bonchev–Trinajstić information content (AvgIpc) is 2.26. The summed E-state index contributed by atoms with van der Waals surface area (Å²) in [4.78, 5) is 13.4. The Hall–Kier alpha value is -0.960. The van der Waals surface area contributed by atoms with Crippen molar-refractivity contribution in [2.75, 3.05) is 6.54 Å². The van der Waals surface area contributed by atoms with Gasteiger partial charge in [-0.15, -0.1) is 0 Å². The van der Waals surface area contributed by atoms with E-state index >= 15 is 0 Å². The Balaban J connectivity index is 2.28. The van der Waals surface area contributed by atoms with Crippen LogP contribution < -0.4 is 5.73 Å². The minimum atomic E-state index is -0.255. The van der Waals surface area contributed by atoms with Crippen LogP contribution in [0.5, 0.6) is 0 Å². The van der Waals surface area contributed by atoms with Gasteiger partial charge in [-0.3, -0.25) is 4.79 Å². The normalized spacial score (nSPS) is 22.6. The molecule has 1 heterocycles. The van der Waals surface area contributed by atoms with Crippen LogP contribution in [-0.2, 0) is 4.79 Å². The van der Waals surface area contributed by atoms with Crippen molar-refractivity contribution in [3.05, 3.63) is 22.4 Å². The molecule has 4 heteroatoms. The number of carbonyl (C=O) groups excluding carboxylic acids is 1. The summed E-state index contributed by atoms with van der Waals surface area (Å²) >= 11 is 6.04. The van der Waals surface area contributed by atoms with Crippen molar-refractivity contribution in [3.8, 4) is 0 Å². The van der Waals surface area contributed by atoms with Crippen LogP contribution in [0.4, 0.5) is 0 Å². The monoisotopic (exact) mass is 240 g/mol. The van der Waals surface area contributed by atoms with E-state index in [2.05, 4.69) is 11.0 Å². The van der Waals surface area contributed by atoms with Crippen LogP contribution in [0.15, 0.2) is 22.4 Å². The Morgan fingerprint density at radius 3 is 2.94 bits per heavy atom. The van der Waals surface area contributed by atoms with Gasteiger partial charge in [0.2, 0.25) is 5.91 Å². The first-order valence-corrected chi connectivity index (χ1v) is 6.11. The smallest absolute Gasteiger partial charge is 0.239 e. The predicted molar refractivity (Wildman–Crippen MR) is 64.8 cm³/mol. The van der Waals surface area contributed by atoms with Gasteiger partial charge in [0.15, 0.2) is 0 Å². The first-order chi connectivity index (χ1) is 7.59. The van der Waals surface area contributed by atoms with Crippen LogP contribution in [-0.4, -0.2) is 23.4 Å². The quantitative estimate of drug-likeness (QED) is 0.804. The second kappa shape index (κ2) is 4.50. The molecule has 1 aliphatic carbocycles. The van der Waals surface area contributed by atoms with E-state index < -0.39 is 0 Å². The molecular weight excluding hydrogens is 224 g/mol. The van der Waals surface area contributed by atoms with E-state index in [0.29, 0.717) is 0 Å². The first kappa shape index (κ1) is 11.5. The van der Waals surface area contributed by atoms with Crippen molar-refractivity contribution in [1.29, 1.82) is 0 Å². The van der Waals surface area contributed by atoms with Crippen LogP contribution in [0, 0.1) is 0 Å². The highest BCUT2D eigenvalue weighted by Gasteiger charge is 2.27. The standard InChI is InChI=1S/C12H17ClN2O/c1-8(12(14)16)15-6-2-3-9-7-10(13)4-5-11(9)15/h7-8H,2-6H2,1H3,(H2,14,16)/t8-/m1/s1. The fourth-order valence-electron chi connectivity index (χ4n) is 2.44. The van der Waals surface area contributed by atoms with Gasteiger partial charge < -0.3 is 10.6 Å². The molecular formula is C12H17ClN2O. The van der Waals surface area contributed by atoms with Crippen LogP contribution in [0.2, 0.25) is 0 Å². The number of nitrogens with zero attached hydrogens (tertiary/aromatic N) is 1. The van der Waals surface area contributed by atoms with Gasteiger partial charge >= 0.3 is 0 Å². The maximum atomic E-state index is 11.3. The van der Waals surface area contributed by atoms with E-state index in [1.165, 1.54) is 11.3 Å². The zero-order valence-electron chi connectivity index (χ0n) is 9.50. The summed E-state index contributed by atoms with van der Waals surface area (Å²) in [7, 11) is 0. The third-order valence-corrected chi connectivity index (χ3v) is 3.67. The van der Waals surface area contributed by atoms with Gasteiger partial charge in [-0.1, -0.05) is 11.6 Å². The highest BCUT2D eigenvalue weighted by molar-refractivity contribution is 6.29. The van der Waals surface area contributed by atoms with Crippen molar-refractivity contribution in [2.24, 2.45) is 5.73 Å². The molecule has 2 rings (SSSR count).